The van der Waals surface area contributed by atoms with Crippen molar-refractivity contribution in [1.29, 1.82) is 0 Å². The molecule has 7 N–H and O–H groups in total. The first-order chi connectivity index (χ1) is 34.6. The molecule has 0 saturated carbocycles. The van der Waals surface area contributed by atoms with E-state index >= 15 is 0 Å². The number of ether oxygens (including phenoxy) is 6. The molecule has 0 spiro atoms. The van der Waals surface area contributed by atoms with Gasteiger partial charge in [0.05, 0.1) is 26.4 Å². The van der Waals surface area contributed by atoms with Crippen molar-refractivity contribution < 1.29 is 69.0 Å². The third-order valence-electron chi connectivity index (χ3n) is 14.3. The molecule has 0 radical (unpaired) electrons. The SMILES string of the molecule is CCCCCCCCCC/C=C\CCCCCCCCCCCCCCOCC(COC1OC(COC2OC(CO)C(O)C(O)C2O)C(O)C(O)C1O)OC(=O)CCCCCCCCCCCCCCC. The summed E-state index contributed by atoms with van der Waals surface area (Å²) in [4.78, 5) is 13.0. The number of hydrogen-bond acceptors (Lipinski definition) is 14. The predicted molar refractivity (Wildman–Crippen MR) is 280 cm³/mol. The van der Waals surface area contributed by atoms with E-state index in [1.54, 1.807) is 0 Å². The molecule has 71 heavy (non-hydrogen) atoms. The van der Waals surface area contributed by atoms with Crippen LogP contribution in [0.1, 0.15) is 245 Å². The molecule has 14 heteroatoms. The zero-order valence-electron chi connectivity index (χ0n) is 45.0. The van der Waals surface area contributed by atoms with E-state index in [-0.39, 0.29) is 25.6 Å². The Bertz CT molecular complexity index is 1230. The first kappa shape index (κ1) is 65.8. The van der Waals surface area contributed by atoms with E-state index in [2.05, 4.69) is 26.0 Å². The molecule has 0 amide bonds. The zero-order valence-corrected chi connectivity index (χ0v) is 45.0. The third-order valence-corrected chi connectivity index (χ3v) is 14.3. The molecule has 2 fully saturated rings. The minimum atomic E-state index is -1.70. The second-order valence-electron chi connectivity index (χ2n) is 20.8. The van der Waals surface area contributed by atoms with Crippen LogP contribution in [0.4, 0.5) is 0 Å². The van der Waals surface area contributed by atoms with Crippen LogP contribution in [0.2, 0.25) is 0 Å². The van der Waals surface area contributed by atoms with Crippen LogP contribution in [0, 0.1) is 0 Å². The monoisotopic (exact) mass is 1020 g/mol. The zero-order chi connectivity index (χ0) is 51.6. The summed E-state index contributed by atoms with van der Waals surface area (Å²) in [6.07, 6.45) is 32.8. The maximum absolute atomic E-state index is 13.0. The summed E-state index contributed by atoms with van der Waals surface area (Å²) in [5.74, 6) is -0.371. The number of rotatable bonds is 48. The maximum Gasteiger partial charge on any atom is 0.306 e. The highest BCUT2D eigenvalue weighted by Crippen LogP contribution is 2.27. The molecule has 2 aliphatic rings. The van der Waals surface area contributed by atoms with E-state index in [0.29, 0.717) is 13.0 Å². The van der Waals surface area contributed by atoms with Gasteiger partial charge in [0, 0.05) is 13.0 Å². The summed E-state index contributed by atoms with van der Waals surface area (Å²) in [7, 11) is 0. The van der Waals surface area contributed by atoms with Gasteiger partial charge in [0.15, 0.2) is 12.6 Å². The van der Waals surface area contributed by atoms with E-state index in [1.165, 1.54) is 180 Å². The lowest BCUT2D eigenvalue weighted by Gasteiger charge is -2.42. The Morgan fingerprint density at radius 1 is 0.451 bits per heavy atom. The number of aliphatic hydroxyl groups is 7. The number of carbonyl (C=O) groups excluding carboxylic acids is 1. The van der Waals surface area contributed by atoms with Crippen molar-refractivity contribution in [3.8, 4) is 0 Å². The van der Waals surface area contributed by atoms with Gasteiger partial charge in [-0.15, -0.1) is 0 Å². The minimum Gasteiger partial charge on any atom is -0.457 e. The molecule has 2 rings (SSSR count). The number of allylic oxidation sites excluding steroid dienone is 2. The van der Waals surface area contributed by atoms with Gasteiger partial charge in [-0.05, 0) is 38.5 Å². The van der Waals surface area contributed by atoms with Gasteiger partial charge in [0.2, 0.25) is 0 Å². The lowest BCUT2D eigenvalue weighted by molar-refractivity contribution is -0.332. The van der Waals surface area contributed by atoms with Crippen molar-refractivity contribution in [1.82, 2.24) is 0 Å². The van der Waals surface area contributed by atoms with Gasteiger partial charge in [-0.2, -0.15) is 0 Å². The highest BCUT2D eigenvalue weighted by atomic mass is 16.7. The average molecular weight is 1020 g/mol. The molecule has 0 aromatic rings. The number of esters is 1. The smallest absolute Gasteiger partial charge is 0.306 e. The van der Waals surface area contributed by atoms with Crippen LogP contribution in [-0.4, -0.2) is 142 Å². The maximum atomic E-state index is 13.0. The van der Waals surface area contributed by atoms with Gasteiger partial charge in [-0.3, -0.25) is 4.79 Å². The Labute approximate surface area is 431 Å². The van der Waals surface area contributed by atoms with Crippen molar-refractivity contribution in [3.05, 3.63) is 12.2 Å². The fraction of sp³-hybridized carbons (Fsp3) is 0.947. The van der Waals surface area contributed by atoms with Crippen molar-refractivity contribution in [3.63, 3.8) is 0 Å². The standard InChI is InChI=1S/C57H108O14/c1-3-5-7-9-11-13-15-17-18-19-20-21-22-23-24-25-26-27-29-31-33-35-37-39-41-66-43-46(69-49(59)40-38-36-34-32-30-28-16-14-12-10-8-6-4-2)44-67-56-55(65)53(63)51(61)48(71-56)45-68-57-54(64)52(62)50(60)47(42-58)70-57/h19-20,46-48,50-58,60-65H,3-18,21-45H2,1-2H3/b20-19-. The van der Waals surface area contributed by atoms with Crippen LogP contribution < -0.4 is 0 Å². The molecule has 2 heterocycles. The van der Waals surface area contributed by atoms with Gasteiger partial charge >= 0.3 is 5.97 Å². The molecular weight excluding hydrogens is 909 g/mol. The molecule has 11 unspecified atom stereocenters. The topological polar surface area (TPSA) is 214 Å². The van der Waals surface area contributed by atoms with E-state index in [4.69, 9.17) is 28.4 Å². The molecular formula is C57H108O14. The molecule has 11 atom stereocenters. The molecule has 0 aromatic carbocycles. The van der Waals surface area contributed by atoms with Crippen LogP contribution in [-0.2, 0) is 33.2 Å². The van der Waals surface area contributed by atoms with Crippen LogP contribution in [0.15, 0.2) is 12.2 Å². The van der Waals surface area contributed by atoms with Crippen LogP contribution in [0.25, 0.3) is 0 Å². The number of aliphatic hydroxyl groups excluding tert-OH is 7. The van der Waals surface area contributed by atoms with Crippen LogP contribution in [0.5, 0.6) is 0 Å². The summed E-state index contributed by atoms with van der Waals surface area (Å²) in [6, 6.07) is 0. The first-order valence-corrected chi connectivity index (χ1v) is 29.3. The summed E-state index contributed by atoms with van der Waals surface area (Å²) in [5.41, 5.74) is 0. The largest absolute Gasteiger partial charge is 0.457 e. The van der Waals surface area contributed by atoms with E-state index in [0.717, 1.165) is 38.5 Å². The minimum absolute atomic E-state index is 0.0675. The van der Waals surface area contributed by atoms with Gasteiger partial charge in [-0.1, -0.05) is 212 Å². The summed E-state index contributed by atoms with van der Waals surface area (Å²) in [6.45, 7) is 3.73. The Morgan fingerprint density at radius 3 is 1.28 bits per heavy atom. The number of hydrogen-bond donors (Lipinski definition) is 7. The van der Waals surface area contributed by atoms with Gasteiger partial charge < -0.3 is 64.2 Å². The van der Waals surface area contributed by atoms with Crippen LogP contribution >= 0.6 is 0 Å². The predicted octanol–water partition coefficient (Wildman–Crippen LogP) is 10.2. The molecule has 2 aliphatic heterocycles. The van der Waals surface area contributed by atoms with Crippen LogP contribution in [0.3, 0.4) is 0 Å². The van der Waals surface area contributed by atoms with E-state index < -0.39 is 80.7 Å². The Kier molecular flexibility index (Phi) is 41.7. The molecule has 14 nitrogen and oxygen atoms in total. The first-order valence-electron chi connectivity index (χ1n) is 29.3. The van der Waals surface area contributed by atoms with Gasteiger partial charge in [0.25, 0.3) is 0 Å². The Morgan fingerprint density at radius 2 is 0.831 bits per heavy atom. The Hall–Kier alpha value is -1.27. The average Bonchev–Trinajstić information content (AvgIpc) is 3.37. The van der Waals surface area contributed by atoms with E-state index in [1.807, 2.05) is 0 Å². The Balaban J connectivity index is 1.67. The molecule has 0 aliphatic carbocycles. The van der Waals surface area contributed by atoms with Crippen molar-refractivity contribution in [2.24, 2.45) is 0 Å². The normalized spacial score (nSPS) is 25.3. The van der Waals surface area contributed by atoms with E-state index in [9.17, 15) is 40.5 Å². The van der Waals surface area contributed by atoms with Crippen molar-refractivity contribution >= 4 is 5.97 Å². The second-order valence-corrected chi connectivity index (χ2v) is 20.8. The van der Waals surface area contributed by atoms with Gasteiger partial charge in [0.1, 0.15) is 54.9 Å². The molecule has 0 bridgehead atoms. The summed E-state index contributed by atoms with van der Waals surface area (Å²) >= 11 is 0. The lowest BCUT2D eigenvalue weighted by Crippen LogP contribution is -2.61. The highest BCUT2D eigenvalue weighted by molar-refractivity contribution is 5.69. The summed E-state index contributed by atoms with van der Waals surface area (Å²) < 4.78 is 34.4. The summed E-state index contributed by atoms with van der Waals surface area (Å²) in [5, 5.41) is 72.3. The molecule has 420 valence electrons. The highest BCUT2D eigenvalue weighted by Gasteiger charge is 2.47. The number of carbonyl (C=O) groups is 1. The quantitative estimate of drug-likeness (QED) is 0.0172. The molecule has 2 saturated heterocycles. The fourth-order valence-electron chi connectivity index (χ4n) is 9.52. The number of unbranched alkanes of at least 4 members (excludes halogenated alkanes) is 32. The fourth-order valence-corrected chi connectivity index (χ4v) is 9.52. The van der Waals surface area contributed by atoms with Gasteiger partial charge in [-0.25, -0.2) is 0 Å². The third kappa shape index (κ3) is 32.0. The second kappa shape index (κ2) is 45.0. The van der Waals surface area contributed by atoms with Crippen molar-refractivity contribution in [2.75, 3.05) is 33.0 Å². The van der Waals surface area contributed by atoms with Crippen molar-refractivity contribution in [2.45, 2.75) is 313 Å². The lowest BCUT2D eigenvalue weighted by atomic mass is 9.98. The molecule has 0 aromatic heterocycles.